The van der Waals surface area contributed by atoms with Crippen molar-refractivity contribution in [3.8, 4) is 0 Å². The number of piperazine rings is 1. The van der Waals surface area contributed by atoms with Crippen molar-refractivity contribution in [2.24, 2.45) is 0 Å². The molecule has 0 saturated carbocycles. The van der Waals surface area contributed by atoms with Crippen LogP contribution in [0.2, 0.25) is 0 Å². The van der Waals surface area contributed by atoms with E-state index in [-0.39, 0.29) is 6.10 Å². The summed E-state index contributed by atoms with van der Waals surface area (Å²) < 4.78 is 33.5. The molecule has 0 bridgehead atoms. The fourth-order valence-electron chi connectivity index (χ4n) is 4.25. The van der Waals surface area contributed by atoms with E-state index >= 15 is 0 Å². The van der Waals surface area contributed by atoms with E-state index in [1.807, 2.05) is 42.5 Å². The molecule has 2 aliphatic rings. The van der Waals surface area contributed by atoms with Crippen LogP contribution in [0.1, 0.15) is 12.8 Å². The molecule has 2 fully saturated rings. The number of fused-ring (bicyclic) bond motifs is 1. The standard InChI is InChI=1S/C23H27N5O3S/c29-32(30,21-8-7-18-4-1-2-5-19(18)16-21)28-13-11-27(12-14-28)23-10-9-22(25-26-23)24-17-20-6-3-15-31-20/h1-2,4-5,7-10,16,20H,3,6,11-15,17H2,(H,24,25)/t20-/m0/s1. The second-order valence-corrected chi connectivity index (χ2v) is 10.1. The number of nitrogens with one attached hydrogen (secondary N) is 1. The molecular formula is C23H27N5O3S. The molecule has 32 heavy (non-hydrogen) atoms. The fraction of sp³-hybridized carbons (Fsp3) is 0.391. The molecule has 168 valence electrons. The molecule has 0 unspecified atom stereocenters. The van der Waals surface area contributed by atoms with Crippen LogP contribution < -0.4 is 10.2 Å². The normalized spacial score (nSPS) is 20.0. The third-order valence-corrected chi connectivity index (χ3v) is 8.00. The lowest BCUT2D eigenvalue weighted by atomic mass is 10.1. The van der Waals surface area contributed by atoms with Gasteiger partial charge in [0.2, 0.25) is 10.0 Å². The van der Waals surface area contributed by atoms with Gasteiger partial charge in [-0.05, 0) is 47.9 Å². The molecular weight excluding hydrogens is 426 g/mol. The van der Waals surface area contributed by atoms with Crippen molar-refractivity contribution in [2.75, 3.05) is 49.5 Å². The molecule has 3 aromatic rings. The summed E-state index contributed by atoms with van der Waals surface area (Å²) in [5.74, 6) is 1.48. The van der Waals surface area contributed by atoms with E-state index in [0.29, 0.717) is 31.1 Å². The van der Waals surface area contributed by atoms with Crippen LogP contribution in [0.3, 0.4) is 0 Å². The third-order valence-electron chi connectivity index (χ3n) is 6.11. The average Bonchev–Trinajstić information content (AvgIpc) is 3.37. The molecule has 2 saturated heterocycles. The van der Waals surface area contributed by atoms with E-state index < -0.39 is 10.0 Å². The van der Waals surface area contributed by atoms with Crippen LogP contribution in [0, 0.1) is 0 Å². The van der Waals surface area contributed by atoms with Crippen LogP contribution >= 0.6 is 0 Å². The number of anilines is 2. The van der Waals surface area contributed by atoms with Gasteiger partial charge in [-0.2, -0.15) is 4.31 Å². The number of rotatable bonds is 6. The molecule has 5 rings (SSSR count). The molecule has 2 aromatic carbocycles. The molecule has 1 aromatic heterocycles. The lowest BCUT2D eigenvalue weighted by molar-refractivity contribution is 0.120. The molecule has 2 aliphatic heterocycles. The molecule has 0 spiro atoms. The lowest BCUT2D eigenvalue weighted by Gasteiger charge is -2.34. The Bertz CT molecular complexity index is 1170. The second-order valence-electron chi connectivity index (χ2n) is 8.19. The van der Waals surface area contributed by atoms with Crippen molar-refractivity contribution in [1.29, 1.82) is 0 Å². The minimum atomic E-state index is -3.53. The number of sulfonamides is 1. The highest BCUT2D eigenvalue weighted by Crippen LogP contribution is 2.24. The number of nitrogens with zero attached hydrogens (tertiary/aromatic N) is 4. The predicted molar refractivity (Wildman–Crippen MR) is 124 cm³/mol. The Morgan fingerprint density at radius 1 is 0.969 bits per heavy atom. The Kier molecular flexibility index (Phi) is 5.95. The first-order chi connectivity index (χ1) is 15.6. The summed E-state index contributed by atoms with van der Waals surface area (Å²) >= 11 is 0. The van der Waals surface area contributed by atoms with Crippen molar-refractivity contribution in [3.63, 3.8) is 0 Å². The summed E-state index contributed by atoms with van der Waals surface area (Å²) in [6, 6.07) is 16.9. The first kappa shape index (κ1) is 21.1. The number of hydrogen-bond donors (Lipinski definition) is 1. The SMILES string of the molecule is O=S(=O)(c1ccc2ccccc2c1)N1CCN(c2ccc(NC[C@@H]3CCCO3)nn2)CC1. The van der Waals surface area contributed by atoms with Gasteiger partial charge in [-0.1, -0.05) is 30.3 Å². The molecule has 0 radical (unpaired) electrons. The number of ether oxygens (including phenoxy) is 1. The van der Waals surface area contributed by atoms with Crippen LogP contribution in [0.25, 0.3) is 10.8 Å². The Labute approximate surface area is 188 Å². The summed E-state index contributed by atoms with van der Waals surface area (Å²) in [7, 11) is -3.53. The number of benzene rings is 2. The highest BCUT2D eigenvalue weighted by molar-refractivity contribution is 7.89. The van der Waals surface area contributed by atoms with Gasteiger partial charge in [0.15, 0.2) is 5.82 Å². The van der Waals surface area contributed by atoms with Crippen LogP contribution in [0.4, 0.5) is 11.6 Å². The Balaban J connectivity index is 1.20. The van der Waals surface area contributed by atoms with Gasteiger partial charge >= 0.3 is 0 Å². The van der Waals surface area contributed by atoms with Gasteiger partial charge in [0.1, 0.15) is 5.82 Å². The third kappa shape index (κ3) is 4.41. The Hall–Kier alpha value is -2.75. The van der Waals surface area contributed by atoms with E-state index in [2.05, 4.69) is 20.4 Å². The van der Waals surface area contributed by atoms with Crippen LogP contribution in [-0.2, 0) is 14.8 Å². The topological polar surface area (TPSA) is 87.7 Å². The monoisotopic (exact) mass is 453 g/mol. The molecule has 8 nitrogen and oxygen atoms in total. The quantitative estimate of drug-likeness (QED) is 0.614. The van der Waals surface area contributed by atoms with Gasteiger partial charge in [0.25, 0.3) is 0 Å². The summed E-state index contributed by atoms with van der Waals surface area (Å²) in [5.41, 5.74) is 0. The fourth-order valence-corrected chi connectivity index (χ4v) is 5.70. The minimum absolute atomic E-state index is 0.245. The zero-order valence-corrected chi connectivity index (χ0v) is 18.7. The van der Waals surface area contributed by atoms with Crippen molar-refractivity contribution in [2.45, 2.75) is 23.8 Å². The molecule has 0 aliphatic carbocycles. The predicted octanol–water partition coefficient (Wildman–Crippen LogP) is 2.73. The Morgan fingerprint density at radius 3 is 2.50 bits per heavy atom. The molecule has 0 amide bonds. The largest absolute Gasteiger partial charge is 0.376 e. The van der Waals surface area contributed by atoms with E-state index in [1.54, 1.807) is 16.4 Å². The summed E-state index contributed by atoms with van der Waals surface area (Å²) in [6.07, 6.45) is 2.43. The second kappa shape index (κ2) is 9.01. The Morgan fingerprint density at radius 2 is 1.78 bits per heavy atom. The smallest absolute Gasteiger partial charge is 0.243 e. The van der Waals surface area contributed by atoms with Crippen molar-refractivity contribution in [1.82, 2.24) is 14.5 Å². The minimum Gasteiger partial charge on any atom is -0.376 e. The van der Waals surface area contributed by atoms with E-state index in [1.165, 1.54) is 0 Å². The van der Waals surface area contributed by atoms with Gasteiger partial charge in [-0.25, -0.2) is 8.42 Å². The highest BCUT2D eigenvalue weighted by Gasteiger charge is 2.29. The highest BCUT2D eigenvalue weighted by atomic mass is 32.2. The maximum absolute atomic E-state index is 13.2. The van der Waals surface area contributed by atoms with Crippen LogP contribution in [0.5, 0.6) is 0 Å². The summed E-state index contributed by atoms with van der Waals surface area (Å²) in [6.45, 7) is 3.54. The maximum Gasteiger partial charge on any atom is 0.243 e. The van der Waals surface area contributed by atoms with E-state index in [0.717, 1.165) is 48.4 Å². The average molecular weight is 454 g/mol. The zero-order chi connectivity index (χ0) is 22.0. The van der Waals surface area contributed by atoms with Gasteiger partial charge in [0.05, 0.1) is 11.0 Å². The van der Waals surface area contributed by atoms with Crippen molar-refractivity contribution < 1.29 is 13.2 Å². The summed E-state index contributed by atoms with van der Waals surface area (Å²) in [5, 5.41) is 13.8. The lowest BCUT2D eigenvalue weighted by Crippen LogP contribution is -2.49. The van der Waals surface area contributed by atoms with Crippen LogP contribution in [-0.4, -0.2) is 68.4 Å². The molecule has 1 N–H and O–H groups in total. The van der Waals surface area contributed by atoms with E-state index in [4.69, 9.17) is 4.74 Å². The van der Waals surface area contributed by atoms with Gasteiger partial charge < -0.3 is 15.0 Å². The summed E-state index contributed by atoms with van der Waals surface area (Å²) in [4.78, 5) is 2.41. The van der Waals surface area contributed by atoms with Crippen molar-refractivity contribution >= 4 is 32.4 Å². The van der Waals surface area contributed by atoms with Gasteiger partial charge in [0, 0.05) is 39.3 Å². The molecule has 1 atom stereocenters. The molecule has 9 heteroatoms. The van der Waals surface area contributed by atoms with E-state index in [9.17, 15) is 8.42 Å². The molecule has 3 heterocycles. The number of aromatic nitrogens is 2. The van der Waals surface area contributed by atoms with Gasteiger partial charge in [-0.3, -0.25) is 0 Å². The zero-order valence-electron chi connectivity index (χ0n) is 17.9. The maximum atomic E-state index is 13.2. The number of hydrogen-bond acceptors (Lipinski definition) is 7. The van der Waals surface area contributed by atoms with Gasteiger partial charge in [-0.15, -0.1) is 10.2 Å². The first-order valence-electron chi connectivity index (χ1n) is 11.0. The van der Waals surface area contributed by atoms with Crippen LogP contribution in [0.15, 0.2) is 59.5 Å². The first-order valence-corrected chi connectivity index (χ1v) is 12.5. The van der Waals surface area contributed by atoms with Crippen molar-refractivity contribution in [3.05, 3.63) is 54.6 Å².